The van der Waals surface area contributed by atoms with E-state index >= 15 is 0 Å². The van der Waals surface area contributed by atoms with Gasteiger partial charge in [-0.15, -0.1) is 0 Å². The fraction of sp³-hybridized carbons (Fsp3) is 0.100. The van der Waals surface area contributed by atoms with Crippen LogP contribution in [0.1, 0.15) is 0 Å². The highest BCUT2D eigenvalue weighted by Gasteiger charge is 2.22. The van der Waals surface area contributed by atoms with Crippen LogP contribution in [0.4, 0.5) is 0 Å². The highest BCUT2D eigenvalue weighted by molar-refractivity contribution is 6.14. The first-order valence-corrected chi connectivity index (χ1v) is 8.30. The van der Waals surface area contributed by atoms with E-state index in [1.165, 1.54) is 14.2 Å². The molecule has 0 bridgehead atoms. The molecule has 2 N–H and O–H groups in total. The number of rotatable bonds is 4. The van der Waals surface area contributed by atoms with Crippen molar-refractivity contribution in [3.8, 4) is 11.5 Å². The Balaban J connectivity index is 0.000000258. The Morgan fingerprint density at radius 2 is 1.59 bits per heavy atom. The molecule has 3 heterocycles. The molecule has 9 heteroatoms. The lowest BCUT2D eigenvalue weighted by molar-refractivity contribution is -0.134. The van der Waals surface area contributed by atoms with Crippen molar-refractivity contribution in [3.05, 3.63) is 59.0 Å². The molecular formula is C20H16N2O7. The average Bonchev–Trinajstić information content (AvgIpc) is 3.05. The summed E-state index contributed by atoms with van der Waals surface area (Å²) in [5, 5.41) is 17.6. The number of carbonyl (C=O) groups is 2. The standard InChI is InChI=1S/C16H12N2O3.C4H4O4/c1-20-14-12-13-10(7-8-17-12)9-5-3-4-6-11(9)18(13)16(19)15(14)21-2;5-3(6)1-2-4(7)8/h3-8H,1-2H3;1-2H,(H,5,6)(H,7,8)/b;2-1+. The number of benzene rings is 1. The molecule has 148 valence electrons. The Hall–Kier alpha value is -4.14. The summed E-state index contributed by atoms with van der Waals surface area (Å²) in [6.45, 7) is 0. The predicted molar refractivity (Wildman–Crippen MR) is 105 cm³/mol. The van der Waals surface area contributed by atoms with Crippen molar-refractivity contribution in [2.24, 2.45) is 0 Å². The molecule has 0 atom stereocenters. The fourth-order valence-corrected chi connectivity index (χ4v) is 3.11. The van der Waals surface area contributed by atoms with Gasteiger partial charge in [0.05, 0.1) is 25.3 Å². The van der Waals surface area contributed by atoms with Gasteiger partial charge in [-0.3, -0.25) is 14.2 Å². The molecule has 0 amide bonds. The molecular weight excluding hydrogens is 380 g/mol. The molecule has 29 heavy (non-hydrogen) atoms. The first-order chi connectivity index (χ1) is 13.9. The number of hydrogen-bond acceptors (Lipinski definition) is 6. The Bertz CT molecular complexity index is 1290. The van der Waals surface area contributed by atoms with Crippen molar-refractivity contribution in [1.29, 1.82) is 0 Å². The third-order valence-electron chi connectivity index (χ3n) is 4.18. The van der Waals surface area contributed by atoms with Crippen LogP contribution in [0.3, 0.4) is 0 Å². The second-order valence-electron chi connectivity index (χ2n) is 5.79. The van der Waals surface area contributed by atoms with Gasteiger partial charge in [0.1, 0.15) is 5.52 Å². The fourth-order valence-electron chi connectivity index (χ4n) is 3.11. The number of carboxylic acids is 2. The zero-order valence-electron chi connectivity index (χ0n) is 15.4. The van der Waals surface area contributed by atoms with E-state index in [0.717, 1.165) is 21.8 Å². The molecule has 0 saturated heterocycles. The first kappa shape index (κ1) is 19.6. The lowest BCUT2D eigenvalue weighted by Crippen LogP contribution is -2.16. The number of fused-ring (bicyclic) bond motifs is 3. The van der Waals surface area contributed by atoms with Gasteiger partial charge in [-0.25, -0.2) is 9.59 Å². The second-order valence-corrected chi connectivity index (χ2v) is 5.79. The first-order valence-electron chi connectivity index (χ1n) is 8.30. The van der Waals surface area contributed by atoms with Gasteiger partial charge in [0, 0.05) is 29.1 Å². The van der Waals surface area contributed by atoms with E-state index < -0.39 is 11.9 Å². The minimum absolute atomic E-state index is 0.173. The number of nitrogens with zero attached hydrogens (tertiary/aromatic N) is 2. The van der Waals surface area contributed by atoms with Crippen molar-refractivity contribution in [2.45, 2.75) is 0 Å². The van der Waals surface area contributed by atoms with Crippen LogP contribution >= 0.6 is 0 Å². The zero-order chi connectivity index (χ0) is 21.1. The number of aliphatic carboxylic acids is 2. The maximum atomic E-state index is 12.8. The maximum Gasteiger partial charge on any atom is 0.328 e. The van der Waals surface area contributed by atoms with Crippen LogP contribution in [0.2, 0.25) is 0 Å². The Labute approximate surface area is 163 Å². The zero-order valence-corrected chi connectivity index (χ0v) is 15.4. The summed E-state index contributed by atoms with van der Waals surface area (Å²) in [4.78, 5) is 36.2. The van der Waals surface area contributed by atoms with Crippen molar-refractivity contribution >= 4 is 39.3 Å². The van der Waals surface area contributed by atoms with Crippen LogP contribution in [0.15, 0.2) is 53.5 Å². The predicted octanol–water partition coefficient (Wildman–Crippen LogP) is 2.17. The summed E-state index contributed by atoms with van der Waals surface area (Å²) in [6, 6.07) is 9.69. The van der Waals surface area contributed by atoms with Gasteiger partial charge in [-0.1, -0.05) is 18.2 Å². The van der Waals surface area contributed by atoms with Crippen LogP contribution < -0.4 is 15.0 Å². The molecule has 0 radical (unpaired) electrons. The van der Waals surface area contributed by atoms with E-state index in [1.54, 1.807) is 10.6 Å². The monoisotopic (exact) mass is 396 g/mol. The Morgan fingerprint density at radius 1 is 0.966 bits per heavy atom. The number of hydrogen-bond donors (Lipinski definition) is 2. The normalized spacial score (nSPS) is 11.0. The largest absolute Gasteiger partial charge is 0.491 e. The molecule has 1 aromatic carbocycles. The minimum Gasteiger partial charge on any atom is -0.491 e. The quantitative estimate of drug-likeness (QED) is 0.503. The molecule has 4 rings (SSSR count). The van der Waals surface area contributed by atoms with Gasteiger partial charge >= 0.3 is 17.5 Å². The highest BCUT2D eigenvalue weighted by atomic mass is 16.5. The smallest absolute Gasteiger partial charge is 0.328 e. The number of methoxy groups -OCH3 is 2. The summed E-state index contributed by atoms with van der Waals surface area (Å²) >= 11 is 0. The molecule has 0 spiro atoms. The minimum atomic E-state index is -1.26. The van der Waals surface area contributed by atoms with E-state index in [9.17, 15) is 14.4 Å². The molecule has 9 nitrogen and oxygen atoms in total. The van der Waals surface area contributed by atoms with Gasteiger partial charge in [0.15, 0.2) is 5.75 Å². The third kappa shape index (κ3) is 3.41. The second kappa shape index (κ2) is 7.85. The number of carboxylic acid groups (broad SMARTS) is 2. The lowest BCUT2D eigenvalue weighted by atomic mass is 10.2. The van der Waals surface area contributed by atoms with Crippen LogP contribution in [0.25, 0.3) is 27.3 Å². The van der Waals surface area contributed by atoms with Gasteiger partial charge in [-0.05, 0) is 12.1 Å². The summed E-state index contributed by atoms with van der Waals surface area (Å²) in [5.41, 5.74) is 2.00. The van der Waals surface area contributed by atoms with Crippen LogP contribution in [-0.4, -0.2) is 45.8 Å². The van der Waals surface area contributed by atoms with Gasteiger partial charge in [0.25, 0.3) is 0 Å². The maximum absolute atomic E-state index is 12.8. The molecule has 0 unspecified atom stereocenters. The molecule has 4 aromatic rings. The average molecular weight is 396 g/mol. The molecule has 3 aromatic heterocycles. The summed E-state index contributed by atoms with van der Waals surface area (Å²) < 4.78 is 12.3. The molecule has 0 aliphatic carbocycles. The van der Waals surface area contributed by atoms with Crippen molar-refractivity contribution in [1.82, 2.24) is 9.38 Å². The third-order valence-corrected chi connectivity index (χ3v) is 4.18. The number of ether oxygens (including phenoxy) is 2. The van der Waals surface area contributed by atoms with Crippen LogP contribution in [-0.2, 0) is 9.59 Å². The van der Waals surface area contributed by atoms with E-state index in [0.29, 0.717) is 23.4 Å². The van der Waals surface area contributed by atoms with Gasteiger partial charge in [-0.2, -0.15) is 0 Å². The van der Waals surface area contributed by atoms with Crippen LogP contribution in [0.5, 0.6) is 11.5 Å². The summed E-state index contributed by atoms with van der Waals surface area (Å²) in [7, 11) is 2.98. The molecule has 0 aliphatic rings. The molecule has 0 fully saturated rings. The Morgan fingerprint density at radius 3 is 2.17 bits per heavy atom. The topological polar surface area (TPSA) is 127 Å². The summed E-state index contributed by atoms with van der Waals surface area (Å²) in [6.07, 6.45) is 2.83. The van der Waals surface area contributed by atoms with Crippen molar-refractivity contribution in [3.63, 3.8) is 0 Å². The highest BCUT2D eigenvalue weighted by Crippen LogP contribution is 2.37. The Kier molecular flexibility index (Phi) is 5.31. The SMILES string of the molecule is COc1c(OC)c2nccc3c4ccccc4n(c1=O)c23.O=C(O)/C=C/C(=O)O. The molecule has 0 aliphatic heterocycles. The number of aromatic nitrogens is 2. The number of pyridine rings is 2. The van der Waals surface area contributed by atoms with Gasteiger partial charge in [0.2, 0.25) is 5.75 Å². The van der Waals surface area contributed by atoms with Gasteiger partial charge < -0.3 is 19.7 Å². The van der Waals surface area contributed by atoms with E-state index in [4.69, 9.17) is 19.7 Å². The van der Waals surface area contributed by atoms with E-state index in [2.05, 4.69) is 4.98 Å². The van der Waals surface area contributed by atoms with Crippen molar-refractivity contribution < 1.29 is 29.3 Å². The lowest BCUT2D eigenvalue weighted by Gasteiger charge is -2.10. The summed E-state index contributed by atoms with van der Waals surface area (Å²) in [5.74, 6) is -1.96. The van der Waals surface area contributed by atoms with Crippen LogP contribution in [0, 0.1) is 0 Å². The molecule has 0 saturated carbocycles. The van der Waals surface area contributed by atoms with E-state index in [1.807, 2.05) is 30.3 Å². The number of para-hydroxylation sites is 1. The van der Waals surface area contributed by atoms with Crippen molar-refractivity contribution in [2.75, 3.05) is 14.2 Å². The van der Waals surface area contributed by atoms with E-state index in [-0.39, 0.29) is 11.3 Å².